The van der Waals surface area contributed by atoms with Gasteiger partial charge < -0.3 is 15.2 Å². The van der Waals surface area contributed by atoms with Gasteiger partial charge in [0, 0.05) is 43.6 Å². The molecule has 3 heterocycles. The summed E-state index contributed by atoms with van der Waals surface area (Å²) in [6, 6.07) is 7.64. The van der Waals surface area contributed by atoms with Gasteiger partial charge in [-0.1, -0.05) is 25.6 Å². The van der Waals surface area contributed by atoms with Crippen molar-refractivity contribution in [3.05, 3.63) is 70.5 Å². The number of nitrogens with zero attached hydrogens (tertiary/aromatic N) is 3. The molecule has 0 bridgehead atoms. The standard InChI is InChI=1S/C26H29FN4O4/c1-3-17(2)29-23(32)15-22-24(33)21-14-19(18-4-6-20(27)7-5-18)16-28-25(21)31(26(22)34)9-8-30-10-12-35-13-11-30/h4-7,14,16,33H,2-3,8-13,15H2,1H3,(H,29,32). The predicted octanol–water partition coefficient (Wildman–Crippen LogP) is 2.82. The number of rotatable bonds is 8. The highest BCUT2D eigenvalue weighted by atomic mass is 19.1. The summed E-state index contributed by atoms with van der Waals surface area (Å²) in [4.78, 5) is 32.7. The first-order chi connectivity index (χ1) is 16.9. The Morgan fingerprint density at radius 1 is 1.20 bits per heavy atom. The number of halogens is 1. The van der Waals surface area contributed by atoms with Crippen LogP contribution in [0.4, 0.5) is 4.39 Å². The number of carbonyl (C=O) groups is 1. The van der Waals surface area contributed by atoms with Crippen molar-refractivity contribution in [2.24, 2.45) is 0 Å². The van der Waals surface area contributed by atoms with E-state index in [-0.39, 0.29) is 23.6 Å². The molecule has 1 amide bonds. The van der Waals surface area contributed by atoms with Crippen molar-refractivity contribution < 1.29 is 19.0 Å². The van der Waals surface area contributed by atoms with E-state index in [2.05, 4.69) is 21.8 Å². The monoisotopic (exact) mass is 480 g/mol. The minimum absolute atomic E-state index is 0.000985. The molecule has 1 aliphatic heterocycles. The topological polar surface area (TPSA) is 96.7 Å². The lowest BCUT2D eigenvalue weighted by atomic mass is 10.0. The Balaban J connectivity index is 1.77. The third-order valence-corrected chi connectivity index (χ3v) is 6.17. The molecule has 0 unspecified atom stereocenters. The number of nitrogens with one attached hydrogen (secondary N) is 1. The van der Waals surface area contributed by atoms with Crippen LogP contribution >= 0.6 is 0 Å². The smallest absolute Gasteiger partial charge is 0.259 e. The summed E-state index contributed by atoms with van der Waals surface area (Å²) in [6.07, 6.45) is 1.86. The molecule has 0 spiro atoms. The average Bonchev–Trinajstić information content (AvgIpc) is 2.87. The lowest BCUT2D eigenvalue weighted by molar-refractivity contribution is -0.119. The lowest BCUT2D eigenvalue weighted by Gasteiger charge is -2.27. The molecule has 9 heteroatoms. The van der Waals surface area contributed by atoms with Crippen LogP contribution in [0.2, 0.25) is 0 Å². The Labute approximate surface area is 202 Å². The van der Waals surface area contributed by atoms with Gasteiger partial charge in [-0.25, -0.2) is 9.37 Å². The Bertz CT molecular complexity index is 1300. The number of aromatic hydroxyl groups is 1. The molecule has 3 aromatic rings. The Morgan fingerprint density at radius 2 is 1.91 bits per heavy atom. The van der Waals surface area contributed by atoms with Gasteiger partial charge in [0.15, 0.2) is 0 Å². The maximum absolute atomic E-state index is 13.4. The summed E-state index contributed by atoms with van der Waals surface area (Å²) in [6.45, 7) is 9.37. The van der Waals surface area contributed by atoms with Crippen molar-refractivity contribution in [1.29, 1.82) is 0 Å². The van der Waals surface area contributed by atoms with Gasteiger partial charge >= 0.3 is 0 Å². The van der Waals surface area contributed by atoms with Crippen LogP contribution in [0.15, 0.2) is 53.6 Å². The van der Waals surface area contributed by atoms with Gasteiger partial charge in [-0.2, -0.15) is 0 Å². The zero-order valence-electron chi connectivity index (χ0n) is 19.7. The number of pyridine rings is 2. The van der Waals surface area contributed by atoms with Crippen LogP contribution in [0.3, 0.4) is 0 Å². The summed E-state index contributed by atoms with van der Waals surface area (Å²) < 4.78 is 20.3. The second-order valence-corrected chi connectivity index (χ2v) is 8.52. The maximum Gasteiger partial charge on any atom is 0.259 e. The minimum Gasteiger partial charge on any atom is -0.507 e. The van der Waals surface area contributed by atoms with Gasteiger partial charge in [0.2, 0.25) is 5.91 Å². The number of hydrogen-bond donors (Lipinski definition) is 2. The van der Waals surface area contributed by atoms with E-state index in [1.54, 1.807) is 24.4 Å². The number of ether oxygens (including phenoxy) is 1. The number of amides is 1. The van der Waals surface area contributed by atoms with Crippen LogP contribution in [0.25, 0.3) is 22.2 Å². The zero-order chi connectivity index (χ0) is 24.9. The van der Waals surface area contributed by atoms with Gasteiger partial charge in [0.1, 0.15) is 17.2 Å². The highest BCUT2D eigenvalue weighted by molar-refractivity contribution is 5.89. The number of fused-ring (bicyclic) bond motifs is 1. The summed E-state index contributed by atoms with van der Waals surface area (Å²) in [7, 11) is 0. The van der Waals surface area contributed by atoms with E-state index in [9.17, 15) is 19.1 Å². The van der Waals surface area contributed by atoms with E-state index in [1.165, 1.54) is 16.7 Å². The van der Waals surface area contributed by atoms with Gasteiger partial charge in [0.25, 0.3) is 5.56 Å². The van der Waals surface area contributed by atoms with Crippen LogP contribution in [0.5, 0.6) is 5.75 Å². The molecule has 8 nitrogen and oxygen atoms in total. The number of morpholine rings is 1. The second kappa shape index (κ2) is 10.8. The number of benzene rings is 1. The molecule has 0 radical (unpaired) electrons. The van der Waals surface area contributed by atoms with Crippen LogP contribution in [-0.4, -0.2) is 58.3 Å². The van der Waals surface area contributed by atoms with Gasteiger partial charge in [-0.15, -0.1) is 0 Å². The molecule has 0 aliphatic carbocycles. The van der Waals surface area contributed by atoms with Crippen molar-refractivity contribution in [3.63, 3.8) is 0 Å². The molecular formula is C26H29FN4O4. The van der Waals surface area contributed by atoms with Crippen molar-refractivity contribution in [1.82, 2.24) is 19.8 Å². The third kappa shape index (κ3) is 5.58. The van der Waals surface area contributed by atoms with E-state index in [0.29, 0.717) is 60.6 Å². The lowest BCUT2D eigenvalue weighted by Crippen LogP contribution is -2.40. The molecule has 184 valence electrons. The molecule has 1 aromatic carbocycles. The molecule has 0 atom stereocenters. The highest BCUT2D eigenvalue weighted by Gasteiger charge is 2.21. The Hall–Kier alpha value is -3.56. The number of aromatic nitrogens is 2. The summed E-state index contributed by atoms with van der Waals surface area (Å²) in [5.41, 5.74) is 1.77. The molecule has 35 heavy (non-hydrogen) atoms. The fraction of sp³-hybridized carbons (Fsp3) is 0.346. The number of hydrogen-bond acceptors (Lipinski definition) is 6. The van der Waals surface area contributed by atoms with E-state index in [0.717, 1.165) is 13.1 Å². The summed E-state index contributed by atoms with van der Waals surface area (Å²) in [5.74, 6) is -1.06. The predicted molar refractivity (Wildman–Crippen MR) is 132 cm³/mol. The van der Waals surface area contributed by atoms with E-state index in [4.69, 9.17) is 4.74 Å². The molecular weight excluding hydrogens is 451 g/mol. The van der Waals surface area contributed by atoms with E-state index >= 15 is 0 Å². The van der Waals surface area contributed by atoms with Gasteiger partial charge in [-0.3, -0.25) is 19.1 Å². The highest BCUT2D eigenvalue weighted by Crippen LogP contribution is 2.30. The largest absolute Gasteiger partial charge is 0.507 e. The summed E-state index contributed by atoms with van der Waals surface area (Å²) >= 11 is 0. The molecule has 0 saturated carbocycles. The van der Waals surface area contributed by atoms with E-state index in [1.807, 2.05) is 6.92 Å². The Kier molecular flexibility index (Phi) is 7.57. The van der Waals surface area contributed by atoms with E-state index < -0.39 is 11.5 Å². The van der Waals surface area contributed by atoms with Crippen molar-refractivity contribution in [2.45, 2.75) is 26.3 Å². The van der Waals surface area contributed by atoms with Crippen LogP contribution in [0.1, 0.15) is 18.9 Å². The Morgan fingerprint density at radius 3 is 2.60 bits per heavy atom. The first-order valence-electron chi connectivity index (χ1n) is 11.7. The van der Waals surface area contributed by atoms with Crippen molar-refractivity contribution >= 4 is 16.9 Å². The second-order valence-electron chi connectivity index (χ2n) is 8.52. The van der Waals surface area contributed by atoms with Crippen molar-refractivity contribution in [2.75, 3.05) is 32.8 Å². The average molecular weight is 481 g/mol. The molecule has 1 fully saturated rings. The van der Waals surface area contributed by atoms with Crippen LogP contribution < -0.4 is 10.9 Å². The minimum atomic E-state index is -0.456. The molecule has 1 aliphatic rings. The first-order valence-corrected chi connectivity index (χ1v) is 11.7. The van der Waals surface area contributed by atoms with Gasteiger partial charge in [0.05, 0.1) is 30.6 Å². The fourth-order valence-electron chi connectivity index (χ4n) is 4.09. The quantitative estimate of drug-likeness (QED) is 0.515. The third-order valence-electron chi connectivity index (χ3n) is 6.17. The zero-order valence-corrected chi connectivity index (χ0v) is 19.7. The summed E-state index contributed by atoms with van der Waals surface area (Å²) in [5, 5.41) is 14.1. The van der Waals surface area contributed by atoms with Crippen LogP contribution in [-0.2, 0) is 22.5 Å². The SMILES string of the molecule is C=C(CC)NC(=O)Cc1c(O)c2cc(-c3ccc(F)cc3)cnc2n(CCN2CCOCC2)c1=O. The molecule has 2 N–H and O–H groups in total. The normalized spacial score (nSPS) is 14.2. The van der Waals surface area contributed by atoms with Crippen LogP contribution in [0, 0.1) is 5.82 Å². The maximum atomic E-state index is 13.4. The van der Waals surface area contributed by atoms with Gasteiger partial charge in [-0.05, 0) is 30.2 Å². The fourth-order valence-corrected chi connectivity index (χ4v) is 4.09. The number of allylic oxidation sites excluding steroid dienone is 1. The number of carbonyl (C=O) groups excluding carboxylic acids is 1. The van der Waals surface area contributed by atoms with Crippen molar-refractivity contribution in [3.8, 4) is 16.9 Å². The molecule has 2 aromatic heterocycles. The molecule has 1 saturated heterocycles. The molecule has 4 rings (SSSR count). The first kappa shape index (κ1) is 24.6.